The van der Waals surface area contributed by atoms with Crippen LogP contribution in [0.15, 0.2) is 12.3 Å². The van der Waals surface area contributed by atoms with E-state index in [0.717, 1.165) is 5.69 Å². The van der Waals surface area contributed by atoms with Crippen molar-refractivity contribution in [2.24, 2.45) is 5.92 Å². The van der Waals surface area contributed by atoms with Crippen molar-refractivity contribution in [1.82, 2.24) is 9.78 Å². The first-order chi connectivity index (χ1) is 9.19. The minimum Gasteiger partial charge on any atom is -0.384 e. The summed E-state index contributed by atoms with van der Waals surface area (Å²) in [7, 11) is 1.67. The molecule has 0 bridgehead atoms. The van der Waals surface area contributed by atoms with Gasteiger partial charge >= 0.3 is 0 Å². The first-order valence-electron chi connectivity index (χ1n) is 7.23. The highest BCUT2D eigenvalue weighted by Gasteiger charge is 2.18. The van der Waals surface area contributed by atoms with E-state index in [4.69, 9.17) is 4.74 Å². The van der Waals surface area contributed by atoms with Crippen LogP contribution >= 0.6 is 0 Å². The SMILES string of the molecule is COCC(C)CC(=O)Cc1ccn(C2CCCC2)n1. The number of hydrogen-bond acceptors (Lipinski definition) is 3. The van der Waals surface area contributed by atoms with Crippen molar-refractivity contribution in [3.05, 3.63) is 18.0 Å². The Morgan fingerprint density at radius 2 is 2.26 bits per heavy atom. The molecule has 1 aromatic rings. The Bertz CT molecular complexity index is 408. The maximum Gasteiger partial charge on any atom is 0.139 e. The molecule has 0 aliphatic heterocycles. The van der Waals surface area contributed by atoms with Crippen LogP contribution < -0.4 is 0 Å². The summed E-state index contributed by atoms with van der Waals surface area (Å²) in [6.45, 7) is 2.68. The number of methoxy groups -OCH3 is 1. The standard InChI is InChI=1S/C15H24N2O2/c1-12(11-19-2)9-15(18)10-13-7-8-17(16-13)14-5-3-4-6-14/h7-8,12,14H,3-6,9-11H2,1-2H3. The lowest BCUT2D eigenvalue weighted by Crippen LogP contribution is -2.13. The molecule has 1 fully saturated rings. The van der Waals surface area contributed by atoms with Gasteiger partial charge in [-0.25, -0.2) is 0 Å². The summed E-state index contributed by atoms with van der Waals surface area (Å²) in [4.78, 5) is 11.9. The van der Waals surface area contributed by atoms with Crippen molar-refractivity contribution >= 4 is 5.78 Å². The summed E-state index contributed by atoms with van der Waals surface area (Å²) >= 11 is 0. The van der Waals surface area contributed by atoms with Crippen molar-refractivity contribution in [2.75, 3.05) is 13.7 Å². The molecule has 4 nitrogen and oxygen atoms in total. The van der Waals surface area contributed by atoms with Crippen LogP contribution in [0.4, 0.5) is 0 Å². The van der Waals surface area contributed by atoms with Crippen LogP contribution in [0.25, 0.3) is 0 Å². The molecule has 0 amide bonds. The van der Waals surface area contributed by atoms with Gasteiger partial charge in [0.2, 0.25) is 0 Å². The number of ether oxygens (including phenoxy) is 1. The molecule has 0 radical (unpaired) electrons. The summed E-state index contributed by atoms with van der Waals surface area (Å²) in [5, 5.41) is 4.55. The number of nitrogens with zero attached hydrogens (tertiary/aromatic N) is 2. The third kappa shape index (κ3) is 4.16. The number of ketones is 1. The van der Waals surface area contributed by atoms with E-state index < -0.39 is 0 Å². The van der Waals surface area contributed by atoms with Gasteiger partial charge in [-0.3, -0.25) is 9.48 Å². The first kappa shape index (κ1) is 14.3. The van der Waals surface area contributed by atoms with Gasteiger partial charge in [-0.2, -0.15) is 5.10 Å². The normalized spacial score (nSPS) is 17.8. The monoisotopic (exact) mass is 264 g/mol. The van der Waals surface area contributed by atoms with E-state index in [-0.39, 0.29) is 11.7 Å². The largest absolute Gasteiger partial charge is 0.384 e. The number of rotatable bonds is 7. The number of carbonyl (C=O) groups is 1. The zero-order valence-corrected chi connectivity index (χ0v) is 12.0. The highest BCUT2D eigenvalue weighted by atomic mass is 16.5. The Morgan fingerprint density at radius 3 is 2.95 bits per heavy atom. The summed E-state index contributed by atoms with van der Waals surface area (Å²) in [6, 6.07) is 2.54. The van der Waals surface area contributed by atoms with Crippen molar-refractivity contribution in [3.63, 3.8) is 0 Å². The third-order valence-electron chi connectivity index (χ3n) is 3.77. The third-order valence-corrected chi connectivity index (χ3v) is 3.77. The van der Waals surface area contributed by atoms with Gasteiger partial charge in [0, 0.05) is 26.3 Å². The molecule has 1 aliphatic carbocycles. The van der Waals surface area contributed by atoms with Gasteiger partial charge in [-0.1, -0.05) is 19.8 Å². The molecule has 4 heteroatoms. The highest BCUT2D eigenvalue weighted by Crippen LogP contribution is 2.28. The topological polar surface area (TPSA) is 44.1 Å². The van der Waals surface area contributed by atoms with Gasteiger partial charge in [0.05, 0.1) is 18.2 Å². The molecule has 2 rings (SSSR count). The van der Waals surface area contributed by atoms with Gasteiger partial charge in [0.25, 0.3) is 0 Å². The maximum atomic E-state index is 11.9. The Hall–Kier alpha value is -1.16. The summed E-state index contributed by atoms with van der Waals surface area (Å²) in [5.41, 5.74) is 0.904. The Balaban J connectivity index is 1.83. The van der Waals surface area contributed by atoms with Crippen LogP contribution in [0.5, 0.6) is 0 Å². The second-order valence-corrected chi connectivity index (χ2v) is 5.71. The average Bonchev–Trinajstić information content (AvgIpc) is 2.98. The number of aromatic nitrogens is 2. The summed E-state index contributed by atoms with van der Waals surface area (Å²) in [5.74, 6) is 0.538. The molecule has 1 saturated carbocycles. The van der Waals surface area contributed by atoms with Crippen LogP contribution in [0.3, 0.4) is 0 Å². The predicted molar refractivity (Wildman–Crippen MR) is 74.1 cm³/mol. The van der Waals surface area contributed by atoms with E-state index in [1.807, 2.05) is 23.9 Å². The van der Waals surface area contributed by atoms with E-state index in [0.29, 0.717) is 25.5 Å². The van der Waals surface area contributed by atoms with Crippen LogP contribution in [0.1, 0.15) is 50.8 Å². The van der Waals surface area contributed by atoms with E-state index in [1.54, 1.807) is 7.11 Å². The molecule has 0 spiro atoms. The van der Waals surface area contributed by atoms with Crippen LogP contribution in [-0.2, 0) is 16.0 Å². The van der Waals surface area contributed by atoms with Gasteiger partial charge in [0.1, 0.15) is 5.78 Å². The maximum absolute atomic E-state index is 11.9. The Labute approximate surface area is 115 Å². The Morgan fingerprint density at radius 1 is 1.53 bits per heavy atom. The van der Waals surface area contributed by atoms with Crippen molar-refractivity contribution in [1.29, 1.82) is 0 Å². The van der Waals surface area contributed by atoms with Gasteiger partial charge < -0.3 is 4.74 Å². The fraction of sp³-hybridized carbons (Fsp3) is 0.733. The van der Waals surface area contributed by atoms with Gasteiger partial charge in [-0.05, 0) is 24.8 Å². The van der Waals surface area contributed by atoms with Crippen LogP contribution in [0.2, 0.25) is 0 Å². The fourth-order valence-corrected chi connectivity index (χ4v) is 2.85. The molecule has 0 saturated heterocycles. The van der Waals surface area contributed by atoms with Gasteiger partial charge in [-0.15, -0.1) is 0 Å². The van der Waals surface area contributed by atoms with E-state index >= 15 is 0 Å². The first-order valence-corrected chi connectivity index (χ1v) is 7.23. The molecule has 1 aliphatic rings. The zero-order chi connectivity index (χ0) is 13.7. The van der Waals surface area contributed by atoms with Crippen molar-refractivity contribution in [3.8, 4) is 0 Å². The van der Waals surface area contributed by atoms with E-state index in [2.05, 4.69) is 5.10 Å². The molecular formula is C15H24N2O2. The lowest BCUT2D eigenvalue weighted by atomic mass is 10.0. The summed E-state index contributed by atoms with van der Waals surface area (Å²) < 4.78 is 7.10. The molecule has 1 heterocycles. The lowest BCUT2D eigenvalue weighted by molar-refractivity contribution is -0.119. The average molecular weight is 264 g/mol. The molecule has 19 heavy (non-hydrogen) atoms. The van der Waals surface area contributed by atoms with Crippen LogP contribution in [-0.4, -0.2) is 29.3 Å². The quantitative estimate of drug-likeness (QED) is 0.760. The second-order valence-electron chi connectivity index (χ2n) is 5.71. The Kier molecular flexibility index (Phi) is 5.14. The minimum atomic E-state index is 0.251. The number of carbonyl (C=O) groups excluding carboxylic acids is 1. The molecule has 106 valence electrons. The van der Waals surface area contributed by atoms with Gasteiger partial charge in [0.15, 0.2) is 0 Å². The van der Waals surface area contributed by atoms with E-state index in [1.165, 1.54) is 25.7 Å². The highest BCUT2D eigenvalue weighted by molar-refractivity contribution is 5.80. The number of Topliss-reactive ketones (excluding diaryl/α,β-unsaturated/α-hetero) is 1. The molecule has 1 atom stereocenters. The minimum absolute atomic E-state index is 0.251. The fourth-order valence-electron chi connectivity index (χ4n) is 2.85. The predicted octanol–water partition coefficient (Wildman–Crippen LogP) is 2.78. The molecule has 0 N–H and O–H groups in total. The van der Waals surface area contributed by atoms with Crippen molar-refractivity contribution < 1.29 is 9.53 Å². The smallest absolute Gasteiger partial charge is 0.139 e. The molecular weight excluding hydrogens is 240 g/mol. The molecule has 0 aromatic carbocycles. The molecule has 1 unspecified atom stereocenters. The second kappa shape index (κ2) is 6.85. The number of hydrogen-bond donors (Lipinski definition) is 0. The molecule has 1 aromatic heterocycles. The lowest BCUT2D eigenvalue weighted by Gasteiger charge is -2.09. The summed E-state index contributed by atoms with van der Waals surface area (Å²) in [6.07, 6.45) is 8.09. The van der Waals surface area contributed by atoms with E-state index in [9.17, 15) is 4.79 Å². The van der Waals surface area contributed by atoms with Crippen LogP contribution in [0, 0.1) is 5.92 Å². The van der Waals surface area contributed by atoms with Crippen molar-refractivity contribution in [2.45, 2.75) is 51.5 Å². The zero-order valence-electron chi connectivity index (χ0n) is 12.0.